The predicted molar refractivity (Wildman–Crippen MR) is 62.4 cm³/mol. The fourth-order valence-electron chi connectivity index (χ4n) is 1.87. The summed E-state index contributed by atoms with van der Waals surface area (Å²) in [4.78, 5) is 12.8. The minimum atomic E-state index is -0.914. The van der Waals surface area contributed by atoms with Gasteiger partial charge in [-0.1, -0.05) is 0 Å². The van der Waals surface area contributed by atoms with Gasteiger partial charge in [0.15, 0.2) is 0 Å². The van der Waals surface area contributed by atoms with Gasteiger partial charge in [0, 0.05) is 19.9 Å². The van der Waals surface area contributed by atoms with Crippen LogP contribution in [0.4, 0.5) is 5.69 Å². The molecule has 0 bridgehead atoms. The maximum atomic E-state index is 10.7. The van der Waals surface area contributed by atoms with Crippen LogP contribution in [-0.4, -0.2) is 44.2 Å². The van der Waals surface area contributed by atoms with E-state index in [9.17, 15) is 4.79 Å². The highest BCUT2D eigenvalue weighted by Gasteiger charge is 2.43. The Morgan fingerprint density at radius 1 is 1.24 bits per heavy atom. The van der Waals surface area contributed by atoms with Crippen molar-refractivity contribution in [3.8, 4) is 0 Å². The number of carboxylic acids is 1. The highest BCUT2D eigenvalue weighted by Crippen LogP contribution is 2.30. The lowest BCUT2D eigenvalue weighted by Crippen LogP contribution is -2.64. The first-order chi connectivity index (χ1) is 8.10. The second-order valence-electron chi connectivity index (χ2n) is 4.03. The fourth-order valence-corrected chi connectivity index (χ4v) is 1.87. The number of rotatable bonds is 4. The quantitative estimate of drug-likeness (QED) is 0.797. The molecule has 1 aliphatic rings. The molecule has 5 heteroatoms. The Hall–Kier alpha value is -1.59. The summed E-state index contributed by atoms with van der Waals surface area (Å²) in [7, 11) is 3.24. The SMILES string of the molecule is COC1(OC)CN(c2ccc(C(=O)O)cc2)C1. The maximum Gasteiger partial charge on any atom is 0.335 e. The largest absolute Gasteiger partial charge is 0.478 e. The van der Waals surface area contributed by atoms with Crippen molar-refractivity contribution in [3.05, 3.63) is 29.8 Å². The van der Waals surface area contributed by atoms with E-state index in [0.29, 0.717) is 18.7 Å². The smallest absolute Gasteiger partial charge is 0.335 e. The van der Waals surface area contributed by atoms with E-state index < -0.39 is 11.8 Å². The Bertz CT molecular complexity index is 403. The summed E-state index contributed by atoms with van der Waals surface area (Å²) < 4.78 is 10.6. The summed E-state index contributed by atoms with van der Waals surface area (Å²) in [5, 5.41) is 8.79. The molecule has 0 aliphatic carbocycles. The Kier molecular flexibility index (Phi) is 3.04. The van der Waals surface area contributed by atoms with E-state index in [-0.39, 0.29) is 0 Å². The lowest BCUT2D eigenvalue weighted by molar-refractivity contribution is -0.219. The normalized spacial score (nSPS) is 17.6. The van der Waals surface area contributed by atoms with Crippen LogP contribution in [0.25, 0.3) is 0 Å². The lowest BCUT2D eigenvalue weighted by Gasteiger charge is -2.48. The van der Waals surface area contributed by atoms with Gasteiger partial charge >= 0.3 is 5.97 Å². The van der Waals surface area contributed by atoms with Crippen LogP contribution in [0.3, 0.4) is 0 Å². The van der Waals surface area contributed by atoms with Crippen LogP contribution in [0, 0.1) is 0 Å². The third-order valence-electron chi connectivity index (χ3n) is 3.09. The van der Waals surface area contributed by atoms with E-state index in [0.717, 1.165) is 5.69 Å². The molecule has 0 amide bonds. The summed E-state index contributed by atoms with van der Waals surface area (Å²) >= 11 is 0. The van der Waals surface area contributed by atoms with Gasteiger partial charge in [0.1, 0.15) is 0 Å². The fraction of sp³-hybridized carbons (Fsp3) is 0.417. The Labute approximate surface area is 99.6 Å². The van der Waals surface area contributed by atoms with Crippen molar-refractivity contribution in [1.82, 2.24) is 0 Å². The molecule has 0 aromatic heterocycles. The van der Waals surface area contributed by atoms with Crippen molar-refractivity contribution in [3.63, 3.8) is 0 Å². The zero-order chi connectivity index (χ0) is 12.5. The number of benzene rings is 1. The highest BCUT2D eigenvalue weighted by molar-refractivity contribution is 5.88. The number of nitrogens with zero attached hydrogens (tertiary/aromatic N) is 1. The van der Waals surface area contributed by atoms with Gasteiger partial charge in [-0.2, -0.15) is 0 Å². The van der Waals surface area contributed by atoms with Gasteiger partial charge in [0.05, 0.1) is 18.7 Å². The first-order valence-electron chi connectivity index (χ1n) is 5.29. The monoisotopic (exact) mass is 237 g/mol. The van der Waals surface area contributed by atoms with Gasteiger partial charge in [0.2, 0.25) is 5.79 Å². The van der Waals surface area contributed by atoms with Crippen molar-refractivity contribution < 1.29 is 19.4 Å². The van der Waals surface area contributed by atoms with Gasteiger partial charge in [-0.25, -0.2) is 4.79 Å². The van der Waals surface area contributed by atoms with Gasteiger partial charge in [-0.3, -0.25) is 0 Å². The van der Waals surface area contributed by atoms with E-state index in [1.165, 1.54) is 0 Å². The Morgan fingerprint density at radius 3 is 2.18 bits per heavy atom. The van der Waals surface area contributed by atoms with Gasteiger partial charge < -0.3 is 19.5 Å². The number of carbonyl (C=O) groups is 1. The summed E-state index contributed by atoms with van der Waals surface area (Å²) in [6, 6.07) is 6.77. The van der Waals surface area contributed by atoms with Gasteiger partial charge in [0.25, 0.3) is 0 Å². The molecule has 5 nitrogen and oxygen atoms in total. The summed E-state index contributed by atoms with van der Waals surface area (Å²) in [6.07, 6.45) is 0. The molecule has 2 rings (SSSR count). The molecule has 1 N–H and O–H groups in total. The molecule has 0 saturated carbocycles. The first-order valence-corrected chi connectivity index (χ1v) is 5.29. The van der Waals surface area contributed by atoms with E-state index in [1.54, 1.807) is 38.5 Å². The molecule has 1 heterocycles. The zero-order valence-electron chi connectivity index (χ0n) is 9.84. The molecule has 0 radical (unpaired) electrons. The van der Waals surface area contributed by atoms with E-state index in [2.05, 4.69) is 4.90 Å². The lowest BCUT2D eigenvalue weighted by atomic mass is 10.1. The number of hydrogen-bond acceptors (Lipinski definition) is 4. The molecule has 17 heavy (non-hydrogen) atoms. The summed E-state index contributed by atoms with van der Waals surface area (Å²) in [5.41, 5.74) is 1.26. The molecule has 0 atom stereocenters. The number of methoxy groups -OCH3 is 2. The average molecular weight is 237 g/mol. The number of ether oxygens (including phenoxy) is 2. The van der Waals surface area contributed by atoms with E-state index in [1.807, 2.05) is 0 Å². The molecule has 92 valence electrons. The Morgan fingerprint density at radius 2 is 1.76 bits per heavy atom. The molecule has 0 spiro atoms. The van der Waals surface area contributed by atoms with Crippen LogP contribution in [-0.2, 0) is 9.47 Å². The standard InChI is InChI=1S/C12H15NO4/c1-16-12(17-2)7-13(8-12)10-5-3-9(4-6-10)11(14)15/h3-6H,7-8H2,1-2H3,(H,14,15). The number of carboxylic acid groups (broad SMARTS) is 1. The molecule has 1 aromatic rings. The predicted octanol–water partition coefficient (Wildman–Crippen LogP) is 1.19. The van der Waals surface area contributed by atoms with E-state index in [4.69, 9.17) is 14.6 Å². The van der Waals surface area contributed by atoms with Crippen molar-refractivity contribution in [2.45, 2.75) is 5.79 Å². The number of aromatic carboxylic acids is 1. The molecular formula is C12H15NO4. The Balaban J connectivity index is 2.04. The molecule has 1 aliphatic heterocycles. The minimum absolute atomic E-state index is 0.291. The minimum Gasteiger partial charge on any atom is -0.478 e. The van der Waals surface area contributed by atoms with Crippen LogP contribution in [0.5, 0.6) is 0 Å². The third-order valence-corrected chi connectivity index (χ3v) is 3.09. The molecule has 1 fully saturated rings. The average Bonchev–Trinajstić information content (AvgIpc) is 2.29. The van der Waals surface area contributed by atoms with Gasteiger partial charge in [-0.15, -0.1) is 0 Å². The molecule has 1 aromatic carbocycles. The third kappa shape index (κ3) is 2.11. The second-order valence-corrected chi connectivity index (χ2v) is 4.03. The summed E-state index contributed by atoms with van der Waals surface area (Å²) in [5.74, 6) is -1.44. The van der Waals surface area contributed by atoms with Crippen LogP contribution in [0.2, 0.25) is 0 Å². The van der Waals surface area contributed by atoms with E-state index >= 15 is 0 Å². The molecule has 0 unspecified atom stereocenters. The van der Waals surface area contributed by atoms with Crippen LogP contribution >= 0.6 is 0 Å². The van der Waals surface area contributed by atoms with Crippen LogP contribution in [0.1, 0.15) is 10.4 Å². The molecular weight excluding hydrogens is 222 g/mol. The van der Waals surface area contributed by atoms with Crippen molar-refractivity contribution in [1.29, 1.82) is 0 Å². The summed E-state index contributed by atoms with van der Waals surface area (Å²) in [6.45, 7) is 1.29. The topological polar surface area (TPSA) is 59.0 Å². The van der Waals surface area contributed by atoms with Gasteiger partial charge in [-0.05, 0) is 24.3 Å². The highest BCUT2D eigenvalue weighted by atomic mass is 16.7. The second kappa shape index (κ2) is 4.35. The molecule has 1 saturated heterocycles. The van der Waals surface area contributed by atoms with Crippen molar-refractivity contribution in [2.24, 2.45) is 0 Å². The zero-order valence-corrected chi connectivity index (χ0v) is 9.84. The first kappa shape index (κ1) is 11.9. The number of hydrogen-bond donors (Lipinski definition) is 1. The van der Waals surface area contributed by atoms with Crippen LogP contribution in [0.15, 0.2) is 24.3 Å². The number of anilines is 1. The van der Waals surface area contributed by atoms with Crippen molar-refractivity contribution in [2.75, 3.05) is 32.2 Å². The van der Waals surface area contributed by atoms with Crippen LogP contribution < -0.4 is 4.90 Å². The maximum absolute atomic E-state index is 10.7. The van der Waals surface area contributed by atoms with Crippen molar-refractivity contribution >= 4 is 11.7 Å².